The summed E-state index contributed by atoms with van der Waals surface area (Å²) in [5.41, 5.74) is 6.99. The second-order valence-corrected chi connectivity index (χ2v) is 4.85. The maximum atomic E-state index is 12.8. The van der Waals surface area contributed by atoms with Gasteiger partial charge in [0.2, 0.25) is 0 Å². The number of benzene rings is 1. The fourth-order valence-corrected chi connectivity index (χ4v) is 2.06. The predicted molar refractivity (Wildman–Crippen MR) is 67.7 cm³/mol. The zero-order chi connectivity index (χ0) is 13.0. The highest BCUT2D eigenvalue weighted by Crippen LogP contribution is 2.19. The van der Waals surface area contributed by atoms with Gasteiger partial charge >= 0.3 is 0 Å². The van der Waals surface area contributed by atoms with Crippen molar-refractivity contribution in [2.24, 2.45) is 11.7 Å². The molecule has 1 heterocycles. The molecule has 2 N–H and O–H groups in total. The van der Waals surface area contributed by atoms with Gasteiger partial charge in [-0.05, 0) is 31.0 Å². The average Bonchev–Trinajstić information content (AvgIpc) is 2.89. The fraction of sp³-hybridized carbons (Fsp3) is 0.571. The van der Waals surface area contributed by atoms with Crippen molar-refractivity contribution in [3.05, 3.63) is 35.6 Å². The van der Waals surface area contributed by atoms with Crippen LogP contribution in [0.15, 0.2) is 24.3 Å². The van der Waals surface area contributed by atoms with E-state index in [-0.39, 0.29) is 18.0 Å². The number of hydrogen-bond donors (Lipinski definition) is 1. The molecule has 100 valence electrons. The molecule has 0 radical (unpaired) electrons. The van der Waals surface area contributed by atoms with Crippen molar-refractivity contribution in [3.8, 4) is 0 Å². The molecular weight excluding hydrogens is 233 g/mol. The van der Waals surface area contributed by atoms with Gasteiger partial charge in [0.05, 0.1) is 25.4 Å². The van der Waals surface area contributed by atoms with E-state index in [1.165, 1.54) is 12.1 Å². The van der Waals surface area contributed by atoms with Crippen LogP contribution in [0.2, 0.25) is 0 Å². The van der Waals surface area contributed by atoms with Gasteiger partial charge in [-0.2, -0.15) is 0 Å². The molecule has 1 fully saturated rings. The number of ether oxygens (including phenoxy) is 2. The highest BCUT2D eigenvalue weighted by Gasteiger charge is 2.20. The monoisotopic (exact) mass is 253 g/mol. The quantitative estimate of drug-likeness (QED) is 0.875. The van der Waals surface area contributed by atoms with E-state index in [1.807, 2.05) is 6.92 Å². The van der Waals surface area contributed by atoms with Gasteiger partial charge in [0.1, 0.15) is 5.82 Å². The fourth-order valence-electron chi connectivity index (χ4n) is 2.06. The lowest BCUT2D eigenvalue weighted by Gasteiger charge is -2.22. The third-order valence-corrected chi connectivity index (χ3v) is 3.38. The second-order valence-electron chi connectivity index (χ2n) is 4.85. The third-order valence-electron chi connectivity index (χ3n) is 3.38. The molecular formula is C14H20FNO2. The van der Waals surface area contributed by atoms with Crippen LogP contribution in [-0.4, -0.2) is 25.9 Å². The number of hydrogen-bond acceptors (Lipinski definition) is 3. The minimum absolute atomic E-state index is 0.0870. The van der Waals surface area contributed by atoms with Gasteiger partial charge in [-0.15, -0.1) is 0 Å². The molecule has 2 rings (SSSR count). The average molecular weight is 253 g/mol. The Morgan fingerprint density at radius 2 is 2.17 bits per heavy atom. The lowest BCUT2D eigenvalue weighted by Crippen LogP contribution is -2.28. The van der Waals surface area contributed by atoms with E-state index in [2.05, 4.69) is 0 Å². The van der Waals surface area contributed by atoms with E-state index in [4.69, 9.17) is 15.2 Å². The van der Waals surface area contributed by atoms with E-state index < -0.39 is 0 Å². The minimum Gasteiger partial charge on any atom is -0.381 e. The van der Waals surface area contributed by atoms with Crippen LogP contribution in [0.4, 0.5) is 4.39 Å². The predicted octanol–water partition coefficient (Wildman–Crippen LogP) is 2.27. The molecule has 0 saturated carbocycles. The molecule has 1 aliphatic heterocycles. The summed E-state index contributed by atoms with van der Waals surface area (Å²) in [4.78, 5) is 0. The van der Waals surface area contributed by atoms with Crippen LogP contribution in [0.5, 0.6) is 0 Å². The molecule has 1 saturated heterocycles. The highest BCUT2D eigenvalue weighted by molar-refractivity contribution is 5.20. The lowest BCUT2D eigenvalue weighted by atomic mass is 10.0. The molecule has 18 heavy (non-hydrogen) atoms. The molecule has 0 amide bonds. The molecule has 1 aliphatic rings. The van der Waals surface area contributed by atoms with Crippen LogP contribution >= 0.6 is 0 Å². The zero-order valence-corrected chi connectivity index (χ0v) is 10.6. The Bertz CT molecular complexity index is 363. The van der Waals surface area contributed by atoms with Gasteiger partial charge < -0.3 is 15.2 Å². The molecule has 0 aliphatic carbocycles. The van der Waals surface area contributed by atoms with E-state index in [1.54, 1.807) is 12.1 Å². The largest absolute Gasteiger partial charge is 0.381 e. The Kier molecular flexibility index (Phi) is 4.69. The normalized spacial score (nSPS) is 22.9. The molecule has 0 spiro atoms. The van der Waals surface area contributed by atoms with Crippen molar-refractivity contribution in [2.75, 3.05) is 19.8 Å². The van der Waals surface area contributed by atoms with Crippen molar-refractivity contribution in [2.45, 2.75) is 25.5 Å². The Hall–Kier alpha value is -0.970. The summed E-state index contributed by atoms with van der Waals surface area (Å²) < 4.78 is 23.9. The van der Waals surface area contributed by atoms with Crippen LogP contribution in [-0.2, 0) is 9.47 Å². The van der Waals surface area contributed by atoms with Crippen molar-refractivity contribution in [1.29, 1.82) is 0 Å². The highest BCUT2D eigenvalue weighted by atomic mass is 19.1. The molecule has 0 aromatic heterocycles. The van der Waals surface area contributed by atoms with Gasteiger partial charge in [-0.3, -0.25) is 0 Å². The Balaban J connectivity index is 1.83. The second kappa shape index (κ2) is 6.27. The first-order chi connectivity index (χ1) is 8.66. The van der Waals surface area contributed by atoms with Gasteiger partial charge in [-0.25, -0.2) is 4.39 Å². The van der Waals surface area contributed by atoms with Crippen LogP contribution in [0, 0.1) is 11.7 Å². The van der Waals surface area contributed by atoms with Gasteiger partial charge in [0.25, 0.3) is 0 Å². The molecule has 1 aromatic carbocycles. The number of halogens is 1. The van der Waals surface area contributed by atoms with Gasteiger partial charge in [0.15, 0.2) is 0 Å². The third kappa shape index (κ3) is 3.51. The van der Waals surface area contributed by atoms with Crippen molar-refractivity contribution < 1.29 is 13.9 Å². The zero-order valence-electron chi connectivity index (χ0n) is 10.6. The molecule has 3 atom stereocenters. The van der Waals surface area contributed by atoms with Gasteiger partial charge in [0, 0.05) is 12.5 Å². The van der Waals surface area contributed by atoms with Crippen LogP contribution in [0.3, 0.4) is 0 Å². The van der Waals surface area contributed by atoms with E-state index in [0.29, 0.717) is 12.5 Å². The number of rotatable bonds is 5. The smallest absolute Gasteiger partial charge is 0.123 e. The van der Waals surface area contributed by atoms with Crippen molar-refractivity contribution in [1.82, 2.24) is 0 Å². The summed E-state index contributed by atoms with van der Waals surface area (Å²) >= 11 is 0. The summed E-state index contributed by atoms with van der Waals surface area (Å²) in [6, 6.07) is 6.03. The summed E-state index contributed by atoms with van der Waals surface area (Å²) in [6.07, 6.45) is 0.967. The topological polar surface area (TPSA) is 44.5 Å². The Labute approximate surface area is 107 Å². The van der Waals surface area contributed by atoms with Crippen molar-refractivity contribution >= 4 is 0 Å². The van der Waals surface area contributed by atoms with E-state index in [0.717, 1.165) is 25.2 Å². The minimum atomic E-state index is -0.248. The Morgan fingerprint density at radius 3 is 2.78 bits per heavy atom. The summed E-state index contributed by atoms with van der Waals surface area (Å²) in [7, 11) is 0. The summed E-state index contributed by atoms with van der Waals surface area (Å²) in [5.74, 6) is 0.232. The lowest BCUT2D eigenvalue weighted by molar-refractivity contribution is 0.0221. The first kappa shape index (κ1) is 13.5. The van der Waals surface area contributed by atoms with Gasteiger partial charge in [-0.1, -0.05) is 12.1 Å². The van der Waals surface area contributed by atoms with Crippen molar-refractivity contribution in [3.63, 3.8) is 0 Å². The molecule has 1 aromatic rings. The molecule has 3 nitrogen and oxygen atoms in total. The standard InChI is InChI=1S/C14H20FNO2/c1-10(18-9-11-6-7-17-8-11)14(16)12-2-4-13(15)5-3-12/h2-5,10-11,14H,6-9,16H2,1H3. The summed E-state index contributed by atoms with van der Waals surface area (Å²) in [5, 5.41) is 0. The van der Waals surface area contributed by atoms with E-state index >= 15 is 0 Å². The number of nitrogens with two attached hydrogens (primary N) is 1. The van der Waals surface area contributed by atoms with Crippen LogP contribution in [0.25, 0.3) is 0 Å². The summed E-state index contributed by atoms with van der Waals surface area (Å²) in [6.45, 7) is 4.23. The Morgan fingerprint density at radius 1 is 1.44 bits per heavy atom. The first-order valence-corrected chi connectivity index (χ1v) is 6.37. The molecule has 0 bridgehead atoms. The molecule has 4 heteroatoms. The maximum Gasteiger partial charge on any atom is 0.123 e. The maximum absolute atomic E-state index is 12.8. The SMILES string of the molecule is CC(OCC1CCOC1)C(N)c1ccc(F)cc1. The van der Waals surface area contributed by atoms with E-state index in [9.17, 15) is 4.39 Å². The first-order valence-electron chi connectivity index (χ1n) is 6.37. The molecule has 3 unspecified atom stereocenters. The van der Waals surface area contributed by atoms with Crippen LogP contribution < -0.4 is 5.73 Å². The van der Waals surface area contributed by atoms with Crippen LogP contribution in [0.1, 0.15) is 24.9 Å².